The van der Waals surface area contributed by atoms with Crippen LogP contribution in [0.15, 0.2) is 52.3 Å². The summed E-state index contributed by atoms with van der Waals surface area (Å²) in [4.78, 5) is 10.1. The van der Waals surface area contributed by atoms with E-state index in [1.807, 2.05) is 0 Å². The highest BCUT2D eigenvalue weighted by atomic mass is 32.2. The molecular weight excluding hydrogens is 469 g/mol. The average Bonchev–Trinajstić information content (AvgIpc) is 3.01. The number of hydrogen-bond donors (Lipinski definition) is 1. The van der Waals surface area contributed by atoms with E-state index in [4.69, 9.17) is 0 Å². The number of H-pyrrole nitrogens is 1. The smallest absolute Gasteiger partial charge is 0.243 e. The summed E-state index contributed by atoms with van der Waals surface area (Å²) in [6.45, 7) is 2.37. The summed E-state index contributed by atoms with van der Waals surface area (Å²) in [5, 5.41) is 0. The molecule has 1 saturated heterocycles. The molecule has 9 nitrogen and oxygen atoms in total. The van der Waals surface area contributed by atoms with E-state index in [1.165, 1.54) is 36.6 Å². The van der Waals surface area contributed by atoms with Gasteiger partial charge in [0.2, 0.25) is 20.0 Å². The lowest BCUT2D eigenvalue weighted by Crippen LogP contribution is -2.35. The zero-order valence-corrected chi connectivity index (χ0v) is 20.0. The van der Waals surface area contributed by atoms with E-state index in [0.29, 0.717) is 56.0 Å². The third-order valence-electron chi connectivity index (χ3n) is 5.65. The molecule has 178 valence electrons. The lowest BCUT2D eigenvalue weighted by Gasteiger charge is -2.21. The Balaban J connectivity index is 1.46. The number of benzene rings is 2. The Hall–Kier alpha value is -2.38. The Morgan fingerprint density at radius 3 is 2.36 bits per heavy atom. The van der Waals surface area contributed by atoms with Crippen molar-refractivity contribution < 1.29 is 21.2 Å². The summed E-state index contributed by atoms with van der Waals surface area (Å²) in [5.41, 5.74) is 1.29. The van der Waals surface area contributed by atoms with Crippen LogP contribution in [0.2, 0.25) is 0 Å². The molecule has 4 rings (SSSR count). The van der Waals surface area contributed by atoms with Crippen molar-refractivity contribution in [1.29, 1.82) is 0 Å². The van der Waals surface area contributed by atoms with Gasteiger partial charge in [0.05, 0.1) is 27.4 Å². The number of nitrogens with one attached hydrogen (secondary N) is 1. The summed E-state index contributed by atoms with van der Waals surface area (Å²) in [7, 11) is -4.27. The zero-order chi connectivity index (χ0) is 23.8. The molecule has 1 aliphatic heterocycles. The standard InChI is InChI=1S/C21H26FN5O4S2/c1-25(2)32(28,29)18-8-9-19-20(14-18)24-21(23-19)15-26-10-3-11-27(13-12-26)33(30,31)17-6-4-16(22)5-7-17/h4-9,14H,3,10-13,15H2,1-2H3,(H,23,24). The second kappa shape index (κ2) is 9.11. The van der Waals surface area contributed by atoms with Crippen LogP contribution in [0.5, 0.6) is 0 Å². The molecule has 1 aromatic heterocycles. The van der Waals surface area contributed by atoms with Crippen LogP contribution in [-0.2, 0) is 26.6 Å². The number of nitrogens with zero attached hydrogens (tertiary/aromatic N) is 4. The molecule has 0 amide bonds. The first kappa shape index (κ1) is 23.8. The number of aromatic nitrogens is 2. The van der Waals surface area contributed by atoms with Crippen molar-refractivity contribution in [2.75, 3.05) is 40.3 Å². The van der Waals surface area contributed by atoms with E-state index in [-0.39, 0.29) is 9.79 Å². The Morgan fingerprint density at radius 2 is 1.67 bits per heavy atom. The largest absolute Gasteiger partial charge is 0.341 e. The van der Waals surface area contributed by atoms with Gasteiger partial charge in [-0.2, -0.15) is 4.31 Å². The summed E-state index contributed by atoms with van der Waals surface area (Å²) in [5.74, 6) is 0.201. The molecule has 2 heterocycles. The Kier molecular flexibility index (Phi) is 6.56. The van der Waals surface area contributed by atoms with Gasteiger partial charge in [-0.15, -0.1) is 0 Å². The van der Waals surface area contributed by atoms with Crippen molar-refractivity contribution in [3.63, 3.8) is 0 Å². The van der Waals surface area contributed by atoms with Crippen LogP contribution < -0.4 is 0 Å². The van der Waals surface area contributed by atoms with Gasteiger partial charge >= 0.3 is 0 Å². The normalized spacial score (nSPS) is 17.0. The highest BCUT2D eigenvalue weighted by Crippen LogP contribution is 2.21. The molecular formula is C21H26FN5O4S2. The van der Waals surface area contributed by atoms with Crippen LogP contribution in [0.25, 0.3) is 11.0 Å². The minimum Gasteiger partial charge on any atom is -0.341 e. The number of hydrogen-bond acceptors (Lipinski definition) is 6. The number of halogens is 1. The van der Waals surface area contributed by atoms with Crippen molar-refractivity contribution in [3.8, 4) is 0 Å². The van der Waals surface area contributed by atoms with Gasteiger partial charge in [-0.25, -0.2) is 30.5 Å². The molecule has 1 fully saturated rings. The Bertz CT molecular complexity index is 1360. The van der Waals surface area contributed by atoms with Gasteiger partial charge in [-0.05, 0) is 55.4 Å². The Labute approximate surface area is 192 Å². The molecule has 0 bridgehead atoms. The van der Waals surface area contributed by atoms with E-state index in [2.05, 4.69) is 14.9 Å². The number of fused-ring (bicyclic) bond motifs is 1. The van der Waals surface area contributed by atoms with Crippen LogP contribution >= 0.6 is 0 Å². The second-order valence-electron chi connectivity index (χ2n) is 8.14. The van der Waals surface area contributed by atoms with E-state index in [0.717, 1.165) is 16.4 Å². The molecule has 0 saturated carbocycles. The van der Waals surface area contributed by atoms with Crippen molar-refractivity contribution in [2.45, 2.75) is 22.8 Å². The van der Waals surface area contributed by atoms with Gasteiger partial charge in [0.25, 0.3) is 0 Å². The maximum Gasteiger partial charge on any atom is 0.243 e. The predicted octanol–water partition coefficient (Wildman–Crippen LogP) is 1.85. The minimum atomic E-state index is -3.69. The molecule has 2 aromatic carbocycles. The van der Waals surface area contributed by atoms with Gasteiger partial charge in [-0.1, -0.05) is 0 Å². The molecule has 0 spiro atoms. The molecule has 12 heteroatoms. The molecule has 0 aliphatic carbocycles. The highest BCUT2D eigenvalue weighted by Gasteiger charge is 2.27. The molecule has 1 N–H and O–H groups in total. The van der Waals surface area contributed by atoms with Crippen LogP contribution in [0.3, 0.4) is 0 Å². The van der Waals surface area contributed by atoms with Gasteiger partial charge in [0.15, 0.2) is 0 Å². The summed E-state index contributed by atoms with van der Waals surface area (Å²) >= 11 is 0. The monoisotopic (exact) mass is 495 g/mol. The number of aromatic amines is 1. The van der Waals surface area contributed by atoms with Crippen molar-refractivity contribution >= 4 is 31.1 Å². The van der Waals surface area contributed by atoms with Gasteiger partial charge in [0, 0.05) is 33.7 Å². The molecule has 0 radical (unpaired) electrons. The fourth-order valence-corrected chi connectivity index (χ4v) is 6.20. The number of rotatable bonds is 6. The summed E-state index contributed by atoms with van der Waals surface area (Å²) < 4.78 is 66.3. The summed E-state index contributed by atoms with van der Waals surface area (Å²) in [6, 6.07) is 9.64. The maximum absolute atomic E-state index is 13.2. The summed E-state index contributed by atoms with van der Waals surface area (Å²) in [6.07, 6.45) is 0.645. The fourth-order valence-electron chi connectivity index (χ4n) is 3.80. The lowest BCUT2D eigenvalue weighted by molar-refractivity contribution is 0.273. The molecule has 0 unspecified atom stereocenters. The maximum atomic E-state index is 13.2. The van der Waals surface area contributed by atoms with Crippen molar-refractivity contribution in [1.82, 2.24) is 23.5 Å². The van der Waals surface area contributed by atoms with Gasteiger partial charge in [-0.3, -0.25) is 4.90 Å². The Morgan fingerprint density at radius 1 is 0.970 bits per heavy atom. The van der Waals surface area contributed by atoms with E-state index in [9.17, 15) is 21.2 Å². The van der Waals surface area contributed by atoms with Gasteiger partial charge in [0.1, 0.15) is 11.6 Å². The predicted molar refractivity (Wildman–Crippen MR) is 122 cm³/mol. The third kappa shape index (κ3) is 4.94. The van der Waals surface area contributed by atoms with E-state index >= 15 is 0 Å². The SMILES string of the molecule is CN(C)S(=O)(=O)c1ccc2nc(CN3CCCN(S(=O)(=O)c4ccc(F)cc4)CC3)[nH]c2c1. The van der Waals surface area contributed by atoms with Crippen LogP contribution in [0, 0.1) is 5.82 Å². The molecule has 3 aromatic rings. The molecule has 0 atom stereocenters. The van der Waals surface area contributed by atoms with Gasteiger partial charge < -0.3 is 4.98 Å². The highest BCUT2D eigenvalue weighted by molar-refractivity contribution is 7.89. The quantitative estimate of drug-likeness (QED) is 0.559. The fraction of sp³-hybridized carbons (Fsp3) is 0.381. The minimum absolute atomic E-state index is 0.0816. The third-order valence-corrected chi connectivity index (χ3v) is 9.38. The van der Waals surface area contributed by atoms with Crippen LogP contribution in [0.4, 0.5) is 4.39 Å². The average molecular weight is 496 g/mol. The molecule has 1 aliphatic rings. The zero-order valence-electron chi connectivity index (χ0n) is 18.4. The van der Waals surface area contributed by atoms with Crippen LogP contribution in [-0.4, -0.2) is 80.6 Å². The number of sulfonamides is 2. The first-order chi connectivity index (χ1) is 15.6. The topological polar surface area (TPSA) is 107 Å². The van der Waals surface area contributed by atoms with Crippen LogP contribution in [0.1, 0.15) is 12.2 Å². The lowest BCUT2D eigenvalue weighted by atomic mass is 10.3. The van der Waals surface area contributed by atoms with E-state index in [1.54, 1.807) is 12.1 Å². The second-order valence-corrected chi connectivity index (χ2v) is 12.2. The first-order valence-electron chi connectivity index (χ1n) is 10.5. The number of imidazole rings is 1. The van der Waals surface area contributed by atoms with Crippen molar-refractivity contribution in [2.24, 2.45) is 0 Å². The van der Waals surface area contributed by atoms with E-state index < -0.39 is 25.9 Å². The molecule has 33 heavy (non-hydrogen) atoms. The van der Waals surface area contributed by atoms with Crippen molar-refractivity contribution in [3.05, 3.63) is 54.1 Å². The first-order valence-corrected chi connectivity index (χ1v) is 13.3.